The van der Waals surface area contributed by atoms with Gasteiger partial charge < -0.3 is 9.47 Å². The molecule has 0 spiro atoms. The molecule has 3 aromatic heterocycles. The van der Waals surface area contributed by atoms with Crippen LogP contribution in [0.1, 0.15) is 53.7 Å². The first-order valence-electron chi connectivity index (χ1n) is 11.3. The van der Waals surface area contributed by atoms with Crippen LogP contribution in [0, 0.1) is 19.8 Å². The Morgan fingerprint density at radius 1 is 1.24 bits per heavy atom. The second kappa shape index (κ2) is 12.7. The standard InChI is InChI=1S/C16H14ClN5O2S.C8H16O/c1-8-4-10(11-5-14(17)19-7-13(11)24-3)12(6-18-8)15(23)20-16-22-21-9(2)25-16;1-2-3-4-8-5-6-9-7-8/h4-7H,1-3H3,(H,20,22,23);8H,2-7H2,1H3. The van der Waals surface area contributed by atoms with Gasteiger partial charge in [-0.15, -0.1) is 10.2 Å². The lowest BCUT2D eigenvalue weighted by Crippen LogP contribution is -2.14. The highest BCUT2D eigenvalue weighted by atomic mass is 35.5. The lowest BCUT2D eigenvalue weighted by atomic mass is 10.0. The number of carbonyl (C=O) groups is 1. The number of aryl methyl sites for hydroxylation is 2. The molecule has 0 saturated carbocycles. The van der Waals surface area contributed by atoms with Gasteiger partial charge in [-0.25, -0.2) is 4.98 Å². The first-order valence-corrected chi connectivity index (χ1v) is 12.5. The summed E-state index contributed by atoms with van der Waals surface area (Å²) >= 11 is 7.32. The van der Waals surface area contributed by atoms with Crippen molar-refractivity contribution >= 4 is 34.0 Å². The molecule has 1 amide bonds. The van der Waals surface area contributed by atoms with Gasteiger partial charge in [0, 0.05) is 36.2 Å². The number of hydrogen-bond donors (Lipinski definition) is 1. The normalized spacial score (nSPS) is 14.9. The zero-order chi connectivity index (χ0) is 24.5. The third kappa shape index (κ3) is 7.19. The quantitative estimate of drug-likeness (QED) is 0.410. The van der Waals surface area contributed by atoms with Crippen LogP contribution in [-0.4, -0.2) is 46.4 Å². The Balaban J connectivity index is 0.000000302. The van der Waals surface area contributed by atoms with Crippen LogP contribution in [0.25, 0.3) is 11.1 Å². The summed E-state index contributed by atoms with van der Waals surface area (Å²) in [6.07, 6.45) is 8.44. The van der Waals surface area contributed by atoms with E-state index in [0.717, 1.165) is 29.8 Å². The number of pyridine rings is 2. The van der Waals surface area contributed by atoms with Gasteiger partial charge in [0.15, 0.2) is 0 Å². The molecule has 1 N–H and O–H groups in total. The average Bonchev–Trinajstić information content (AvgIpc) is 3.49. The molecule has 1 fully saturated rings. The number of amides is 1. The number of anilines is 1. The van der Waals surface area contributed by atoms with Gasteiger partial charge in [-0.3, -0.25) is 15.1 Å². The number of methoxy groups -OCH3 is 1. The van der Waals surface area contributed by atoms with Crippen LogP contribution in [0.15, 0.2) is 24.5 Å². The minimum absolute atomic E-state index is 0.302. The van der Waals surface area contributed by atoms with Gasteiger partial charge in [-0.2, -0.15) is 0 Å². The van der Waals surface area contributed by atoms with E-state index in [1.54, 1.807) is 12.1 Å². The van der Waals surface area contributed by atoms with E-state index in [1.165, 1.54) is 56.5 Å². The van der Waals surface area contributed by atoms with E-state index in [0.29, 0.717) is 32.7 Å². The largest absolute Gasteiger partial charge is 0.494 e. The summed E-state index contributed by atoms with van der Waals surface area (Å²) in [7, 11) is 1.53. The molecular formula is C24H30ClN5O3S. The molecule has 4 rings (SSSR count). The number of halogens is 1. The fourth-order valence-corrected chi connectivity index (χ4v) is 4.31. The van der Waals surface area contributed by atoms with Crippen LogP contribution >= 0.6 is 22.9 Å². The van der Waals surface area contributed by atoms with Gasteiger partial charge in [0.25, 0.3) is 5.91 Å². The number of aromatic nitrogens is 4. The van der Waals surface area contributed by atoms with E-state index in [9.17, 15) is 4.79 Å². The van der Waals surface area contributed by atoms with E-state index < -0.39 is 0 Å². The average molecular weight is 504 g/mol. The van der Waals surface area contributed by atoms with Crippen LogP contribution in [-0.2, 0) is 4.74 Å². The summed E-state index contributed by atoms with van der Waals surface area (Å²) in [5.41, 5.74) is 2.44. The summed E-state index contributed by atoms with van der Waals surface area (Å²) < 4.78 is 10.6. The number of ether oxygens (including phenoxy) is 2. The van der Waals surface area contributed by atoms with Crippen molar-refractivity contribution < 1.29 is 14.3 Å². The van der Waals surface area contributed by atoms with Gasteiger partial charge in [-0.1, -0.05) is 42.7 Å². The SMILES string of the molecule is CCCCC1CCOC1.COc1cnc(Cl)cc1-c1cc(C)ncc1C(=O)Nc1nnc(C)s1. The highest BCUT2D eigenvalue weighted by Gasteiger charge is 2.19. The topological polar surface area (TPSA) is 99.1 Å². The molecule has 1 aliphatic rings. The summed E-state index contributed by atoms with van der Waals surface area (Å²) in [5.74, 6) is 1.06. The van der Waals surface area contributed by atoms with Crippen LogP contribution in [0.4, 0.5) is 5.13 Å². The van der Waals surface area contributed by atoms with E-state index in [-0.39, 0.29) is 5.91 Å². The zero-order valence-corrected chi connectivity index (χ0v) is 21.5. The maximum absolute atomic E-state index is 12.7. The Labute approximate surface area is 209 Å². The molecule has 0 aliphatic carbocycles. The molecule has 1 atom stereocenters. The smallest absolute Gasteiger partial charge is 0.259 e. The molecule has 4 heterocycles. The Kier molecular flexibility index (Phi) is 9.74. The molecule has 1 aliphatic heterocycles. The summed E-state index contributed by atoms with van der Waals surface area (Å²) in [6, 6.07) is 3.45. The molecular weight excluding hydrogens is 474 g/mol. The minimum Gasteiger partial charge on any atom is -0.494 e. The number of nitrogens with one attached hydrogen (secondary N) is 1. The van der Waals surface area contributed by atoms with Crippen molar-refractivity contribution in [2.75, 3.05) is 25.6 Å². The van der Waals surface area contributed by atoms with Crippen LogP contribution < -0.4 is 10.1 Å². The first kappa shape index (κ1) is 26.0. The molecule has 0 radical (unpaired) electrons. The Morgan fingerprint density at radius 3 is 2.71 bits per heavy atom. The van der Waals surface area contributed by atoms with E-state index >= 15 is 0 Å². The maximum Gasteiger partial charge on any atom is 0.259 e. The molecule has 182 valence electrons. The van der Waals surface area contributed by atoms with Crippen molar-refractivity contribution in [3.63, 3.8) is 0 Å². The van der Waals surface area contributed by atoms with Crippen molar-refractivity contribution in [1.29, 1.82) is 0 Å². The van der Waals surface area contributed by atoms with Crippen molar-refractivity contribution in [2.24, 2.45) is 5.92 Å². The molecule has 0 bridgehead atoms. The second-order valence-corrected chi connectivity index (χ2v) is 9.60. The van der Waals surface area contributed by atoms with Gasteiger partial charge in [0.1, 0.15) is 15.9 Å². The van der Waals surface area contributed by atoms with Crippen molar-refractivity contribution in [2.45, 2.75) is 46.5 Å². The highest BCUT2D eigenvalue weighted by molar-refractivity contribution is 7.15. The summed E-state index contributed by atoms with van der Waals surface area (Å²) in [6.45, 7) is 7.94. The fraction of sp³-hybridized carbons (Fsp3) is 0.458. The third-order valence-electron chi connectivity index (χ3n) is 5.37. The van der Waals surface area contributed by atoms with Crippen LogP contribution in [0.5, 0.6) is 5.75 Å². The summed E-state index contributed by atoms with van der Waals surface area (Å²) in [5, 5.41) is 12.0. The molecule has 3 aromatic rings. The number of nitrogens with zero attached hydrogens (tertiary/aromatic N) is 4. The van der Waals surface area contributed by atoms with Gasteiger partial charge in [-0.05, 0) is 44.7 Å². The number of rotatable bonds is 7. The van der Waals surface area contributed by atoms with Crippen molar-refractivity contribution in [1.82, 2.24) is 20.2 Å². The second-order valence-electron chi connectivity index (χ2n) is 8.03. The van der Waals surface area contributed by atoms with Crippen molar-refractivity contribution in [3.05, 3.63) is 45.9 Å². The van der Waals surface area contributed by atoms with Crippen LogP contribution in [0.2, 0.25) is 5.15 Å². The molecule has 8 nitrogen and oxygen atoms in total. The summed E-state index contributed by atoms with van der Waals surface area (Å²) in [4.78, 5) is 21.0. The van der Waals surface area contributed by atoms with E-state index in [1.807, 2.05) is 13.8 Å². The lowest BCUT2D eigenvalue weighted by molar-refractivity contribution is 0.102. The fourth-order valence-electron chi connectivity index (χ4n) is 3.57. The lowest BCUT2D eigenvalue weighted by Gasteiger charge is -2.13. The monoisotopic (exact) mass is 503 g/mol. The minimum atomic E-state index is -0.339. The van der Waals surface area contributed by atoms with Gasteiger partial charge in [0.05, 0.1) is 18.9 Å². The van der Waals surface area contributed by atoms with E-state index in [2.05, 4.69) is 32.4 Å². The predicted octanol–water partition coefficient (Wildman–Crippen LogP) is 5.74. The molecule has 34 heavy (non-hydrogen) atoms. The Hall–Kier alpha value is -2.62. The molecule has 0 aromatic carbocycles. The van der Waals surface area contributed by atoms with E-state index in [4.69, 9.17) is 21.1 Å². The highest BCUT2D eigenvalue weighted by Crippen LogP contribution is 2.34. The Morgan fingerprint density at radius 2 is 2.06 bits per heavy atom. The third-order valence-corrected chi connectivity index (χ3v) is 6.33. The van der Waals surface area contributed by atoms with Gasteiger partial charge >= 0.3 is 0 Å². The van der Waals surface area contributed by atoms with Gasteiger partial charge in [0.2, 0.25) is 5.13 Å². The number of hydrogen-bond acceptors (Lipinski definition) is 8. The predicted molar refractivity (Wildman–Crippen MR) is 135 cm³/mol. The molecule has 1 unspecified atom stereocenters. The van der Waals surface area contributed by atoms with Crippen molar-refractivity contribution in [3.8, 4) is 16.9 Å². The number of carbonyl (C=O) groups excluding carboxylic acids is 1. The number of unbranched alkanes of at least 4 members (excludes halogenated alkanes) is 1. The Bertz CT molecular complexity index is 1100. The first-order chi connectivity index (χ1) is 16.4. The maximum atomic E-state index is 12.7. The zero-order valence-electron chi connectivity index (χ0n) is 19.9. The molecule has 10 heteroatoms. The van der Waals surface area contributed by atoms with Crippen LogP contribution in [0.3, 0.4) is 0 Å². The molecule has 1 saturated heterocycles.